The van der Waals surface area contributed by atoms with Gasteiger partial charge in [-0.05, 0) is 55.5 Å². The number of nitriles is 1. The van der Waals surface area contributed by atoms with Crippen molar-refractivity contribution in [1.29, 1.82) is 5.26 Å². The van der Waals surface area contributed by atoms with Gasteiger partial charge in [0.15, 0.2) is 0 Å². The van der Waals surface area contributed by atoms with Crippen LogP contribution in [0.25, 0.3) is 10.8 Å². The molecule has 0 spiro atoms. The van der Waals surface area contributed by atoms with Crippen LogP contribution in [0.15, 0.2) is 54.6 Å². The fraction of sp³-hybridized carbons (Fsp3) is 0.280. The van der Waals surface area contributed by atoms with Crippen LogP contribution in [0.5, 0.6) is 0 Å². The topological polar surface area (TPSA) is 47.3 Å². The average Bonchev–Trinajstić information content (AvgIpc) is 2.79. The van der Waals surface area contributed by atoms with E-state index in [1.165, 1.54) is 6.07 Å². The van der Waals surface area contributed by atoms with Gasteiger partial charge in [-0.2, -0.15) is 5.26 Å². The van der Waals surface area contributed by atoms with Crippen molar-refractivity contribution in [2.75, 3.05) is 18.1 Å². The first kappa shape index (κ1) is 19.9. The standard InChI is InChI=1S/C25H24FN3O/c1-18-16-19(8-11-23(18)26)9-13-25(30)29-15-5-4-14-28(29)24-12-10-20(17-27)21-6-2-3-7-22(21)24/h2-3,6-8,10-12,16H,4-5,9,13-15H2,1H3. The van der Waals surface area contributed by atoms with Crippen LogP contribution in [0.3, 0.4) is 0 Å². The molecule has 4 nitrogen and oxygen atoms in total. The number of nitrogens with zero attached hydrogens (tertiary/aromatic N) is 3. The molecule has 1 aliphatic heterocycles. The lowest BCUT2D eigenvalue weighted by atomic mass is 10.0. The maximum Gasteiger partial charge on any atom is 0.241 e. The van der Waals surface area contributed by atoms with Crippen molar-refractivity contribution < 1.29 is 9.18 Å². The summed E-state index contributed by atoms with van der Waals surface area (Å²) in [5.41, 5.74) is 3.16. The molecule has 4 rings (SSSR count). The minimum atomic E-state index is -0.222. The van der Waals surface area contributed by atoms with E-state index in [1.807, 2.05) is 47.5 Å². The molecule has 152 valence electrons. The molecule has 0 N–H and O–H groups in total. The van der Waals surface area contributed by atoms with Crippen molar-refractivity contribution in [2.45, 2.75) is 32.6 Å². The summed E-state index contributed by atoms with van der Waals surface area (Å²) in [6.45, 7) is 3.18. The molecule has 1 amide bonds. The number of carbonyl (C=O) groups excluding carboxylic acids is 1. The van der Waals surface area contributed by atoms with E-state index in [1.54, 1.807) is 13.0 Å². The van der Waals surface area contributed by atoms with Gasteiger partial charge in [-0.15, -0.1) is 0 Å². The van der Waals surface area contributed by atoms with Gasteiger partial charge in [-0.25, -0.2) is 4.39 Å². The van der Waals surface area contributed by atoms with Crippen LogP contribution < -0.4 is 5.01 Å². The molecule has 30 heavy (non-hydrogen) atoms. The molecule has 0 unspecified atom stereocenters. The second kappa shape index (κ2) is 8.54. The molecule has 0 bridgehead atoms. The summed E-state index contributed by atoms with van der Waals surface area (Å²) in [5, 5.41) is 15.2. The molecule has 0 saturated carbocycles. The molecule has 1 aliphatic rings. The van der Waals surface area contributed by atoms with E-state index in [9.17, 15) is 14.4 Å². The molecular formula is C25H24FN3O. The number of anilines is 1. The van der Waals surface area contributed by atoms with Crippen molar-refractivity contribution in [3.63, 3.8) is 0 Å². The molecule has 0 atom stereocenters. The van der Waals surface area contributed by atoms with E-state index >= 15 is 0 Å². The number of amides is 1. The third-order valence-electron chi connectivity index (χ3n) is 5.72. The smallest absolute Gasteiger partial charge is 0.241 e. The fourth-order valence-corrected chi connectivity index (χ4v) is 4.12. The Morgan fingerprint density at radius 3 is 2.60 bits per heavy atom. The van der Waals surface area contributed by atoms with Crippen LogP contribution in [0.1, 0.15) is 36.0 Å². The number of carbonyl (C=O) groups is 1. The van der Waals surface area contributed by atoms with Crippen LogP contribution in [0, 0.1) is 24.1 Å². The van der Waals surface area contributed by atoms with E-state index in [-0.39, 0.29) is 11.7 Å². The summed E-state index contributed by atoms with van der Waals surface area (Å²) < 4.78 is 13.5. The Morgan fingerprint density at radius 2 is 1.83 bits per heavy atom. The summed E-state index contributed by atoms with van der Waals surface area (Å²) >= 11 is 0. The lowest BCUT2D eigenvalue weighted by molar-refractivity contribution is -0.132. The zero-order valence-electron chi connectivity index (χ0n) is 17.1. The molecule has 5 heteroatoms. The third kappa shape index (κ3) is 3.86. The van der Waals surface area contributed by atoms with Crippen LogP contribution in [-0.2, 0) is 11.2 Å². The first-order valence-corrected chi connectivity index (χ1v) is 10.3. The number of hydrogen-bond donors (Lipinski definition) is 0. The molecule has 1 fully saturated rings. The maximum absolute atomic E-state index is 13.5. The van der Waals surface area contributed by atoms with Gasteiger partial charge in [0, 0.05) is 30.3 Å². The predicted octanol–water partition coefficient (Wildman–Crippen LogP) is 5.14. The van der Waals surface area contributed by atoms with Crippen molar-refractivity contribution in [3.8, 4) is 6.07 Å². The van der Waals surface area contributed by atoms with E-state index in [2.05, 4.69) is 11.1 Å². The van der Waals surface area contributed by atoms with Crippen LogP contribution in [-0.4, -0.2) is 24.0 Å². The summed E-state index contributed by atoms with van der Waals surface area (Å²) in [5.74, 6) is -0.162. The van der Waals surface area contributed by atoms with Gasteiger partial charge in [0.1, 0.15) is 5.82 Å². The molecule has 3 aromatic carbocycles. The van der Waals surface area contributed by atoms with Crippen molar-refractivity contribution in [3.05, 3.63) is 77.1 Å². The highest BCUT2D eigenvalue weighted by Gasteiger charge is 2.26. The monoisotopic (exact) mass is 401 g/mol. The number of aryl methyl sites for hydroxylation is 2. The zero-order valence-corrected chi connectivity index (χ0v) is 17.1. The average molecular weight is 401 g/mol. The van der Waals surface area contributed by atoms with Crippen molar-refractivity contribution >= 4 is 22.4 Å². The van der Waals surface area contributed by atoms with E-state index in [0.717, 1.165) is 41.4 Å². The number of halogens is 1. The molecular weight excluding hydrogens is 377 g/mol. The van der Waals surface area contributed by atoms with Gasteiger partial charge >= 0.3 is 0 Å². The van der Waals surface area contributed by atoms with Gasteiger partial charge < -0.3 is 0 Å². The van der Waals surface area contributed by atoms with Gasteiger partial charge in [0.2, 0.25) is 5.91 Å². The molecule has 0 radical (unpaired) electrons. The largest absolute Gasteiger partial charge is 0.282 e. The van der Waals surface area contributed by atoms with Gasteiger partial charge in [0.25, 0.3) is 0 Å². The highest BCUT2D eigenvalue weighted by atomic mass is 19.1. The summed E-state index contributed by atoms with van der Waals surface area (Å²) in [6, 6.07) is 18.9. The first-order valence-electron chi connectivity index (χ1n) is 10.3. The third-order valence-corrected chi connectivity index (χ3v) is 5.72. The highest BCUT2D eigenvalue weighted by Crippen LogP contribution is 2.32. The second-order valence-electron chi connectivity index (χ2n) is 7.72. The number of hydrazine groups is 1. The Bertz CT molecular complexity index is 1130. The Hall–Kier alpha value is -3.39. The summed E-state index contributed by atoms with van der Waals surface area (Å²) in [6.07, 6.45) is 2.93. The minimum absolute atomic E-state index is 0.0603. The quantitative estimate of drug-likeness (QED) is 0.608. The van der Waals surface area contributed by atoms with E-state index < -0.39 is 0 Å². The molecule has 3 aromatic rings. The highest BCUT2D eigenvalue weighted by molar-refractivity contribution is 5.98. The normalized spacial score (nSPS) is 14.0. The lowest BCUT2D eigenvalue weighted by Crippen LogP contribution is -2.50. The molecule has 0 aliphatic carbocycles. The van der Waals surface area contributed by atoms with E-state index in [4.69, 9.17) is 0 Å². The van der Waals surface area contributed by atoms with Crippen molar-refractivity contribution in [2.24, 2.45) is 0 Å². The minimum Gasteiger partial charge on any atom is -0.282 e. The Labute approximate surface area is 176 Å². The number of rotatable bonds is 4. The van der Waals surface area contributed by atoms with E-state index in [0.29, 0.717) is 30.5 Å². The molecule has 0 aromatic heterocycles. The van der Waals surface area contributed by atoms with Gasteiger partial charge in [-0.3, -0.25) is 14.8 Å². The predicted molar refractivity (Wildman–Crippen MR) is 116 cm³/mol. The lowest BCUT2D eigenvalue weighted by Gasteiger charge is -2.41. The Kier molecular flexibility index (Phi) is 5.67. The fourth-order valence-electron chi connectivity index (χ4n) is 4.12. The number of fused-ring (bicyclic) bond motifs is 1. The second-order valence-corrected chi connectivity index (χ2v) is 7.72. The van der Waals surface area contributed by atoms with Crippen LogP contribution >= 0.6 is 0 Å². The van der Waals surface area contributed by atoms with Crippen LogP contribution in [0.2, 0.25) is 0 Å². The summed E-state index contributed by atoms with van der Waals surface area (Å²) in [7, 11) is 0. The Balaban J connectivity index is 1.59. The summed E-state index contributed by atoms with van der Waals surface area (Å²) in [4.78, 5) is 13.1. The van der Waals surface area contributed by atoms with Crippen molar-refractivity contribution in [1.82, 2.24) is 5.01 Å². The Morgan fingerprint density at radius 1 is 1.07 bits per heavy atom. The van der Waals surface area contributed by atoms with Crippen LogP contribution in [0.4, 0.5) is 10.1 Å². The van der Waals surface area contributed by atoms with Gasteiger partial charge in [-0.1, -0.05) is 36.4 Å². The number of benzene rings is 3. The molecule has 1 heterocycles. The zero-order chi connectivity index (χ0) is 21.1. The first-order chi connectivity index (χ1) is 14.6. The van der Waals surface area contributed by atoms with Gasteiger partial charge in [0.05, 0.1) is 17.3 Å². The molecule has 1 saturated heterocycles. The SMILES string of the molecule is Cc1cc(CCC(=O)N2CCCCN2c2ccc(C#N)c3ccccc23)ccc1F. The maximum atomic E-state index is 13.5. The number of hydrogen-bond acceptors (Lipinski definition) is 3.